The molecule has 0 bridgehead atoms. The first-order valence-electron chi connectivity index (χ1n) is 4.22. The fourth-order valence-corrected chi connectivity index (χ4v) is 2.55. The summed E-state index contributed by atoms with van der Waals surface area (Å²) in [5.74, 6) is 0. The van der Waals surface area contributed by atoms with Gasteiger partial charge in [0.25, 0.3) is 0 Å². The van der Waals surface area contributed by atoms with Crippen LogP contribution in [0.1, 0.15) is 12.8 Å². The molecule has 1 saturated heterocycles. The topological polar surface area (TPSA) is 21.7 Å². The quantitative estimate of drug-likeness (QED) is 0.441. The molecule has 0 saturated carbocycles. The molecule has 0 spiro atoms. The summed E-state index contributed by atoms with van der Waals surface area (Å²) in [6.45, 7) is 4.29. The number of ether oxygens (including phenoxy) is 1. The van der Waals surface area contributed by atoms with Crippen LogP contribution in [0.3, 0.4) is 0 Å². The van der Waals surface area contributed by atoms with Crippen molar-refractivity contribution in [2.45, 2.75) is 12.8 Å². The Hall–Kier alpha value is 0.412. The maximum absolute atomic E-state index is 5.44. The van der Waals surface area contributed by atoms with E-state index in [0.717, 1.165) is 19.6 Å². The highest BCUT2D eigenvalue weighted by atomic mass is 27.1. The molecule has 0 aromatic carbocycles. The SMILES string of the molecule is COCCC[N]1CCC[O][AlH]1. The molecule has 4 heteroatoms. The van der Waals surface area contributed by atoms with Crippen LogP contribution in [0.25, 0.3) is 0 Å². The van der Waals surface area contributed by atoms with Gasteiger partial charge in [-0.25, -0.2) is 0 Å². The highest BCUT2D eigenvalue weighted by Crippen LogP contribution is 1.99. The Balaban J connectivity index is 1.96. The lowest BCUT2D eigenvalue weighted by Gasteiger charge is -2.25. The minimum atomic E-state index is -0.328. The fourth-order valence-electron chi connectivity index (χ4n) is 1.26. The normalized spacial score (nSPS) is 19.7. The van der Waals surface area contributed by atoms with E-state index in [1.807, 2.05) is 0 Å². The highest BCUT2D eigenvalue weighted by molar-refractivity contribution is 6.23. The minimum Gasteiger partial charge on any atom is -0.491 e. The van der Waals surface area contributed by atoms with Crippen molar-refractivity contribution >= 4 is 15.8 Å². The van der Waals surface area contributed by atoms with E-state index in [2.05, 4.69) is 3.88 Å². The van der Waals surface area contributed by atoms with Crippen LogP contribution in [0.5, 0.6) is 0 Å². The van der Waals surface area contributed by atoms with Crippen molar-refractivity contribution in [2.75, 3.05) is 33.4 Å². The number of hydrogen-bond acceptors (Lipinski definition) is 3. The zero-order chi connectivity index (χ0) is 7.94. The number of nitrogens with zero attached hydrogens (tertiary/aromatic N) is 1. The van der Waals surface area contributed by atoms with Gasteiger partial charge in [-0.05, 0) is 25.9 Å². The third kappa shape index (κ3) is 4.10. The first-order chi connectivity index (χ1) is 5.43. The Morgan fingerprint density at radius 3 is 3.18 bits per heavy atom. The molecular formula is C7H16AlNO2. The zero-order valence-corrected chi connectivity index (χ0v) is 8.63. The maximum atomic E-state index is 5.44. The fraction of sp³-hybridized carbons (Fsp3) is 1.00. The van der Waals surface area contributed by atoms with Crippen LogP contribution in [-0.2, 0) is 8.53 Å². The summed E-state index contributed by atoms with van der Waals surface area (Å²) >= 11 is -0.328. The smallest absolute Gasteiger partial charge is 0.491 e. The molecule has 1 heterocycles. The van der Waals surface area contributed by atoms with Crippen LogP contribution >= 0.6 is 0 Å². The second-order valence-corrected chi connectivity index (χ2v) is 4.42. The van der Waals surface area contributed by atoms with E-state index in [1.54, 1.807) is 7.11 Å². The van der Waals surface area contributed by atoms with Crippen molar-refractivity contribution in [1.29, 1.82) is 0 Å². The van der Waals surface area contributed by atoms with Crippen LogP contribution in [0.15, 0.2) is 0 Å². The Morgan fingerprint density at radius 2 is 2.55 bits per heavy atom. The predicted molar refractivity (Wildman–Crippen MR) is 45.8 cm³/mol. The molecule has 1 aliphatic rings. The van der Waals surface area contributed by atoms with E-state index in [0.29, 0.717) is 0 Å². The van der Waals surface area contributed by atoms with Crippen LogP contribution < -0.4 is 0 Å². The molecule has 1 fully saturated rings. The summed E-state index contributed by atoms with van der Waals surface area (Å²) in [7, 11) is 1.75. The molecule has 0 aromatic heterocycles. The van der Waals surface area contributed by atoms with Crippen LogP contribution in [0, 0.1) is 0 Å². The van der Waals surface area contributed by atoms with Crippen molar-refractivity contribution in [3.8, 4) is 0 Å². The van der Waals surface area contributed by atoms with E-state index in [1.165, 1.54) is 19.5 Å². The van der Waals surface area contributed by atoms with Gasteiger partial charge in [-0.15, -0.1) is 0 Å². The van der Waals surface area contributed by atoms with Gasteiger partial charge >= 0.3 is 15.8 Å². The second kappa shape index (κ2) is 5.99. The molecule has 1 rings (SSSR count). The molecule has 0 N–H and O–H groups in total. The van der Waals surface area contributed by atoms with Gasteiger partial charge in [-0.3, -0.25) is 0 Å². The van der Waals surface area contributed by atoms with E-state index < -0.39 is 0 Å². The largest absolute Gasteiger partial charge is 0.554 e. The van der Waals surface area contributed by atoms with Crippen molar-refractivity contribution in [3.63, 3.8) is 0 Å². The van der Waals surface area contributed by atoms with E-state index in [-0.39, 0.29) is 15.8 Å². The summed E-state index contributed by atoms with van der Waals surface area (Å²) < 4.78 is 12.9. The average Bonchev–Trinajstić information content (AvgIpc) is 2.07. The lowest BCUT2D eigenvalue weighted by Crippen LogP contribution is -2.37. The molecule has 0 aliphatic carbocycles. The van der Waals surface area contributed by atoms with Gasteiger partial charge in [0, 0.05) is 20.3 Å². The van der Waals surface area contributed by atoms with E-state index in [9.17, 15) is 0 Å². The summed E-state index contributed by atoms with van der Waals surface area (Å²) in [6, 6.07) is 0. The standard InChI is InChI=1S/C7H15NO2.Al.H/c1-10-7-3-5-8-4-2-6-9;;/h2-7H2,1H3;;/q-2;+2;. The molecule has 0 radical (unpaired) electrons. The molecule has 64 valence electrons. The lowest BCUT2D eigenvalue weighted by molar-refractivity contribution is 0.172. The van der Waals surface area contributed by atoms with Gasteiger partial charge in [0.05, 0.1) is 0 Å². The van der Waals surface area contributed by atoms with Gasteiger partial charge in [-0.2, -0.15) is 0 Å². The first kappa shape index (κ1) is 9.50. The van der Waals surface area contributed by atoms with Gasteiger partial charge in [0.15, 0.2) is 0 Å². The molecule has 3 nitrogen and oxygen atoms in total. The van der Waals surface area contributed by atoms with E-state index >= 15 is 0 Å². The molecule has 0 aromatic rings. The molecule has 0 amide bonds. The summed E-state index contributed by atoms with van der Waals surface area (Å²) in [5, 5.41) is 0. The Kier molecular flexibility index (Phi) is 5.17. The number of hydrogen-bond donors (Lipinski definition) is 0. The van der Waals surface area contributed by atoms with Crippen molar-refractivity contribution < 1.29 is 8.53 Å². The molecule has 0 unspecified atom stereocenters. The van der Waals surface area contributed by atoms with Crippen LogP contribution in [-0.4, -0.2) is 53.1 Å². The number of rotatable bonds is 4. The van der Waals surface area contributed by atoms with Gasteiger partial charge < -0.3 is 12.4 Å². The Bertz CT molecular complexity index is 96.4. The third-order valence-electron chi connectivity index (χ3n) is 1.86. The third-order valence-corrected chi connectivity index (χ3v) is 3.33. The molecule has 11 heavy (non-hydrogen) atoms. The van der Waals surface area contributed by atoms with Crippen molar-refractivity contribution in [2.24, 2.45) is 0 Å². The van der Waals surface area contributed by atoms with E-state index in [4.69, 9.17) is 8.53 Å². The summed E-state index contributed by atoms with van der Waals surface area (Å²) in [4.78, 5) is 0. The molecule has 1 aliphatic heterocycles. The van der Waals surface area contributed by atoms with Crippen molar-refractivity contribution in [1.82, 2.24) is 3.88 Å². The van der Waals surface area contributed by atoms with Gasteiger partial charge in [-0.1, -0.05) is 0 Å². The highest BCUT2D eigenvalue weighted by Gasteiger charge is 2.13. The monoisotopic (exact) mass is 173 g/mol. The first-order valence-corrected chi connectivity index (χ1v) is 5.43. The molecule has 0 atom stereocenters. The lowest BCUT2D eigenvalue weighted by atomic mass is 10.4. The van der Waals surface area contributed by atoms with Crippen LogP contribution in [0.2, 0.25) is 0 Å². The average molecular weight is 173 g/mol. The van der Waals surface area contributed by atoms with Gasteiger partial charge in [0.1, 0.15) is 0 Å². The predicted octanol–water partition coefficient (Wildman–Crippen LogP) is 0.0117. The minimum absolute atomic E-state index is 0.328. The zero-order valence-electron chi connectivity index (χ0n) is 7.21. The van der Waals surface area contributed by atoms with Gasteiger partial charge in [0.2, 0.25) is 0 Å². The van der Waals surface area contributed by atoms with Crippen molar-refractivity contribution in [3.05, 3.63) is 0 Å². The Labute approximate surface area is 74.9 Å². The molecular weight excluding hydrogens is 157 g/mol. The van der Waals surface area contributed by atoms with Crippen LogP contribution in [0.4, 0.5) is 0 Å². The summed E-state index contributed by atoms with van der Waals surface area (Å²) in [5.41, 5.74) is 0. The summed E-state index contributed by atoms with van der Waals surface area (Å²) in [6.07, 6.45) is 2.35. The number of methoxy groups -OCH3 is 1. The Morgan fingerprint density at radius 1 is 1.64 bits per heavy atom. The second-order valence-electron chi connectivity index (χ2n) is 2.86. The maximum Gasteiger partial charge on any atom is 0.554 e.